The summed E-state index contributed by atoms with van der Waals surface area (Å²) in [6, 6.07) is 10.4. The van der Waals surface area contributed by atoms with Crippen LogP contribution in [0.4, 0.5) is 10.1 Å². The fourth-order valence-corrected chi connectivity index (χ4v) is 5.14. The number of methoxy groups -OCH3 is 1. The van der Waals surface area contributed by atoms with Crippen molar-refractivity contribution >= 4 is 21.6 Å². The summed E-state index contributed by atoms with van der Waals surface area (Å²) in [6.45, 7) is 2.56. The van der Waals surface area contributed by atoms with Gasteiger partial charge in [0.1, 0.15) is 22.2 Å². The molecular weight excluding hydrogens is 411 g/mol. The lowest BCUT2D eigenvalue weighted by molar-refractivity contribution is -0.120. The summed E-state index contributed by atoms with van der Waals surface area (Å²) in [7, 11) is -2.69. The average molecular weight is 437 g/mol. The van der Waals surface area contributed by atoms with Crippen molar-refractivity contribution in [3.63, 3.8) is 0 Å². The van der Waals surface area contributed by atoms with E-state index >= 15 is 0 Å². The molecule has 1 fully saturated rings. The molecule has 7 nitrogen and oxygen atoms in total. The zero-order valence-electron chi connectivity index (χ0n) is 16.9. The van der Waals surface area contributed by atoms with Crippen molar-refractivity contribution < 1.29 is 27.1 Å². The number of sulfonamides is 1. The van der Waals surface area contributed by atoms with E-state index in [1.165, 1.54) is 17.5 Å². The first-order valence-electron chi connectivity index (χ1n) is 9.73. The van der Waals surface area contributed by atoms with Crippen LogP contribution in [0.25, 0.3) is 0 Å². The lowest BCUT2D eigenvalue weighted by atomic mass is 9.98. The molecule has 3 rings (SSSR count). The van der Waals surface area contributed by atoms with E-state index in [1.54, 1.807) is 18.2 Å². The first-order valence-corrected chi connectivity index (χ1v) is 11.2. The SMILES string of the molecule is CCOc1ccccc1NC(=O)[C@@H]1CCCN(S(=O)(=O)c2cc(F)ccc2OC)C1. The molecule has 1 heterocycles. The molecule has 0 spiro atoms. The van der Waals surface area contributed by atoms with Crippen LogP contribution in [-0.4, -0.2) is 45.4 Å². The second-order valence-corrected chi connectivity index (χ2v) is 8.82. The predicted molar refractivity (Wildman–Crippen MR) is 111 cm³/mol. The van der Waals surface area contributed by atoms with E-state index in [0.717, 1.165) is 12.1 Å². The number of nitrogens with zero attached hydrogens (tertiary/aromatic N) is 1. The molecule has 162 valence electrons. The minimum atomic E-state index is -4.02. The van der Waals surface area contributed by atoms with Gasteiger partial charge >= 0.3 is 0 Å². The number of ether oxygens (including phenoxy) is 2. The summed E-state index contributed by atoms with van der Waals surface area (Å²) in [5.74, 6) is -0.879. The normalized spacial score (nSPS) is 17.4. The van der Waals surface area contributed by atoms with Crippen molar-refractivity contribution in [2.45, 2.75) is 24.7 Å². The smallest absolute Gasteiger partial charge is 0.246 e. The van der Waals surface area contributed by atoms with Crippen LogP contribution < -0.4 is 14.8 Å². The molecule has 1 aliphatic rings. The van der Waals surface area contributed by atoms with Gasteiger partial charge in [-0.3, -0.25) is 4.79 Å². The molecule has 0 aromatic heterocycles. The van der Waals surface area contributed by atoms with Crippen LogP contribution in [0.2, 0.25) is 0 Å². The second-order valence-electron chi connectivity index (χ2n) is 6.92. The van der Waals surface area contributed by atoms with E-state index in [4.69, 9.17) is 9.47 Å². The molecule has 0 radical (unpaired) electrons. The van der Waals surface area contributed by atoms with Crippen molar-refractivity contribution in [1.82, 2.24) is 4.31 Å². The molecular formula is C21H25FN2O5S. The predicted octanol–water partition coefficient (Wildman–Crippen LogP) is 3.27. The van der Waals surface area contributed by atoms with Crippen molar-refractivity contribution in [1.29, 1.82) is 0 Å². The van der Waals surface area contributed by atoms with Gasteiger partial charge in [-0.15, -0.1) is 0 Å². The van der Waals surface area contributed by atoms with Gasteiger partial charge in [-0.1, -0.05) is 12.1 Å². The van der Waals surface area contributed by atoms with Crippen LogP contribution in [0.3, 0.4) is 0 Å². The largest absolute Gasteiger partial charge is 0.495 e. The minimum Gasteiger partial charge on any atom is -0.495 e. The van der Waals surface area contributed by atoms with E-state index in [1.807, 2.05) is 13.0 Å². The maximum atomic E-state index is 13.7. The number of carbonyl (C=O) groups excluding carboxylic acids is 1. The van der Waals surface area contributed by atoms with Gasteiger partial charge in [0.25, 0.3) is 0 Å². The van der Waals surface area contributed by atoms with Crippen LogP contribution in [0.1, 0.15) is 19.8 Å². The monoisotopic (exact) mass is 436 g/mol. The van der Waals surface area contributed by atoms with Crippen LogP contribution in [0, 0.1) is 11.7 Å². The number of para-hydroxylation sites is 2. The van der Waals surface area contributed by atoms with Crippen LogP contribution in [0.5, 0.6) is 11.5 Å². The molecule has 0 aliphatic carbocycles. The Bertz CT molecular complexity index is 1010. The molecule has 9 heteroatoms. The Hall–Kier alpha value is -2.65. The van der Waals surface area contributed by atoms with E-state index in [9.17, 15) is 17.6 Å². The minimum absolute atomic E-state index is 0.00460. The summed E-state index contributed by atoms with van der Waals surface area (Å²) in [4.78, 5) is 12.6. The molecule has 2 aromatic rings. The first kappa shape index (κ1) is 22.0. The Morgan fingerprint density at radius 2 is 2.00 bits per heavy atom. The van der Waals surface area contributed by atoms with Crippen molar-refractivity contribution in [3.05, 3.63) is 48.3 Å². The maximum absolute atomic E-state index is 13.7. The summed E-state index contributed by atoms with van der Waals surface area (Å²) < 4.78 is 51.8. The molecule has 0 unspecified atom stereocenters. The van der Waals surface area contributed by atoms with Gasteiger partial charge in [0.2, 0.25) is 15.9 Å². The first-order chi connectivity index (χ1) is 14.4. The van der Waals surface area contributed by atoms with E-state index in [-0.39, 0.29) is 29.6 Å². The number of halogens is 1. The number of nitrogens with one attached hydrogen (secondary N) is 1. The van der Waals surface area contributed by atoms with Gasteiger partial charge in [-0.05, 0) is 50.1 Å². The van der Waals surface area contributed by atoms with Crippen LogP contribution >= 0.6 is 0 Å². The molecule has 1 amide bonds. The fraction of sp³-hybridized carbons (Fsp3) is 0.381. The second kappa shape index (κ2) is 9.44. The quantitative estimate of drug-likeness (QED) is 0.720. The topological polar surface area (TPSA) is 84.9 Å². The number of rotatable bonds is 7. The van der Waals surface area contributed by atoms with Crippen molar-refractivity contribution in [2.24, 2.45) is 5.92 Å². The number of hydrogen-bond acceptors (Lipinski definition) is 5. The highest BCUT2D eigenvalue weighted by atomic mass is 32.2. The Balaban J connectivity index is 1.78. The van der Waals surface area contributed by atoms with Gasteiger partial charge in [-0.2, -0.15) is 4.31 Å². The number of amides is 1. The van der Waals surface area contributed by atoms with Gasteiger partial charge in [0.05, 0.1) is 25.3 Å². The Kier molecular flexibility index (Phi) is 6.94. The summed E-state index contributed by atoms with van der Waals surface area (Å²) >= 11 is 0. The summed E-state index contributed by atoms with van der Waals surface area (Å²) in [6.07, 6.45) is 1.07. The van der Waals surface area contributed by atoms with Gasteiger partial charge in [-0.25, -0.2) is 12.8 Å². The molecule has 1 saturated heterocycles. The lowest BCUT2D eigenvalue weighted by Crippen LogP contribution is -2.43. The molecule has 30 heavy (non-hydrogen) atoms. The molecule has 2 aromatic carbocycles. The number of carbonyl (C=O) groups is 1. The standard InChI is InChI=1S/C21H25FN2O5S/c1-3-29-18-9-5-4-8-17(18)23-21(25)15-7-6-12-24(14-15)30(26,27)20-13-16(22)10-11-19(20)28-2/h4-5,8-11,13,15H,3,6-7,12,14H2,1-2H3,(H,23,25)/t15-/m1/s1. The highest BCUT2D eigenvalue weighted by molar-refractivity contribution is 7.89. The third-order valence-corrected chi connectivity index (χ3v) is 6.83. The summed E-state index contributed by atoms with van der Waals surface area (Å²) in [5.41, 5.74) is 0.538. The van der Waals surface area contributed by atoms with E-state index < -0.39 is 21.8 Å². The van der Waals surface area contributed by atoms with Gasteiger partial charge < -0.3 is 14.8 Å². The van der Waals surface area contributed by atoms with Gasteiger partial charge in [0.15, 0.2) is 0 Å². The average Bonchev–Trinajstić information content (AvgIpc) is 2.75. The zero-order chi connectivity index (χ0) is 21.7. The molecule has 0 bridgehead atoms. The molecule has 1 aliphatic heterocycles. The lowest BCUT2D eigenvalue weighted by Gasteiger charge is -2.31. The summed E-state index contributed by atoms with van der Waals surface area (Å²) in [5, 5.41) is 2.84. The molecule has 1 atom stereocenters. The van der Waals surface area contributed by atoms with E-state index in [0.29, 0.717) is 30.9 Å². The van der Waals surface area contributed by atoms with Crippen LogP contribution in [0.15, 0.2) is 47.4 Å². The van der Waals surface area contributed by atoms with E-state index in [2.05, 4.69) is 5.32 Å². The third kappa shape index (κ3) is 4.73. The number of benzene rings is 2. The maximum Gasteiger partial charge on any atom is 0.246 e. The third-order valence-electron chi connectivity index (χ3n) is 4.94. The molecule has 0 saturated carbocycles. The van der Waals surface area contributed by atoms with Crippen molar-refractivity contribution in [2.75, 3.05) is 32.1 Å². The Morgan fingerprint density at radius 3 is 2.73 bits per heavy atom. The Morgan fingerprint density at radius 1 is 1.23 bits per heavy atom. The van der Waals surface area contributed by atoms with Gasteiger partial charge in [0, 0.05) is 13.1 Å². The Labute approximate surface area is 175 Å². The highest BCUT2D eigenvalue weighted by Gasteiger charge is 2.35. The number of hydrogen-bond donors (Lipinski definition) is 1. The van der Waals surface area contributed by atoms with Crippen LogP contribution in [-0.2, 0) is 14.8 Å². The number of anilines is 1. The highest BCUT2D eigenvalue weighted by Crippen LogP contribution is 2.31. The zero-order valence-corrected chi connectivity index (χ0v) is 17.7. The molecule has 1 N–H and O–H groups in total. The fourth-order valence-electron chi connectivity index (χ4n) is 3.45. The van der Waals surface area contributed by atoms with Crippen molar-refractivity contribution in [3.8, 4) is 11.5 Å². The number of piperidine rings is 1.